The summed E-state index contributed by atoms with van der Waals surface area (Å²) in [5.74, 6) is -0.421. The van der Waals surface area contributed by atoms with Gasteiger partial charge in [0.1, 0.15) is 5.82 Å². The third kappa shape index (κ3) is 3.45. The number of hydrogen-bond acceptors (Lipinski definition) is 2. The van der Waals surface area contributed by atoms with Crippen LogP contribution >= 0.6 is 0 Å². The van der Waals surface area contributed by atoms with E-state index in [4.69, 9.17) is 0 Å². The van der Waals surface area contributed by atoms with Crippen molar-refractivity contribution in [2.45, 2.75) is 12.5 Å². The van der Waals surface area contributed by atoms with Gasteiger partial charge in [0.05, 0.1) is 6.04 Å². The molecule has 0 aliphatic carbocycles. The molecule has 0 spiro atoms. The van der Waals surface area contributed by atoms with Crippen molar-refractivity contribution < 1.29 is 14.0 Å². The van der Waals surface area contributed by atoms with E-state index < -0.39 is 6.04 Å². The number of carbonyl (C=O) groups excluding carboxylic acids is 2. The first kappa shape index (κ1) is 15.0. The highest BCUT2D eigenvalue weighted by molar-refractivity contribution is 5.95. The third-order valence-corrected chi connectivity index (χ3v) is 3.67. The van der Waals surface area contributed by atoms with Crippen LogP contribution in [-0.2, 0) is 4.79 Å². The number of para-hydroxylation sites is 1. The van der Waals surface area contributed by atoms with Crippen LogP contribution in [0.3, 0.4) is 0 Å². The first-order valence-electron chi connectivity index (χ1n) is 7.24. The van der Waals surface area contributed by atoms with Crippen LogP contribution in [0, 0.1) is 5.82 Å². The van der Waals surface area contributed by atoms with Crippen LogP contribution in [0.15, 0.2) is 66.9 Å². The molecule has 5 heteroatoms. The molecular weight excluding hydrogens is 295 g/mol. The molecule has 0 bridgehead atoms. The minimum atomic E-state index is -0.447. The lowest BCUT2D eigenvalue weighted by Gasteiger charge is -2.31. The maximum Gasteiger partial charge on any atom is 0.326 e. The molecule has 3 rings (SSSR count). The van der Waals surface area contributed by atoms with E-state index in [0.717, 1.165) is 0 Å². The van der Waals surface area contributed by atoms with Gasteiger partial charge in [-0.3, -0.25) is 9.69 Å². The van der Waals surface area contributed by atoms with Crippen LogP contribution in [0.1, 0.15) is 18.0 Å². The summed E-state index contributed by atoms with van der Waals surface area (Å²) in [6.45, 7) is 0. The Kier molecular flexibility index (Phi) is 4.19. The second kappa shape index (κ2) is 6.44. The van der Waals surface area contributed by atoms with E-state index in [1.54, 1.807) is 24.3 Å². The van der Waals surface area contributed by atoms with Gasteiger partial charge in [-0.25, -0.2) is 9.18 Å². The van der Waals surface area contributed by atoms with Crippen LogP contribution in [-0.4, -0.2) is 16.7 Å². The van der Waals surface area contributed by atoms with E-state index in [1.807, 2.05) is 18.2 Å². The van der Waals surface area contributed by atoms with Gasteiger partial charge in [-0.1, -0.05) is 30.3 Å². The number of rotatable bonds is 2. The molecule has 0 radical (unpaired) electrons. The molecule has 0 saturated carbocycles. The monoisotopic (exact) mass is 310 g/mol. The molecule has 1 atom stereocenters. The number of halogens is 1. The molecule has 1 unspecified atom stereocenters. The Morgan fingerprint density at radius 1 is 1.09 bits per heavy atom. The number of ketones is 1. The number of hydrogen-bond donors (Lipinski definition) is 1. The van der Waals surface area contributed by atoms with E-state index in [2.05, 4.69) is 5.32 Å². The molecule has 1 aliphatic heterocycles. The summed E-state index contributed by atoms with van der Waals surface area (Å²) in [5, 5.41) is 2.79. The molecule has 1 N–H and O–H groups in total. The molecule has 2 amide bonds. The van der Waals surface area contributed by atoms with Crippen LogP contribution < -0.4 is 5.32 Å². The molecule has 4 nitrogen and oxygen atoms in total. The second-order valence-electron chi connectivity index (χ2n) is 5.26. The average molecular weight is 310 g/mol. The van der Waals surface area contributed by atoms with Gasteiger partial charge in [-0.2, -0.15) is 0 Å². The number of nitrogens with zero attached hydrogens (tertiary/aromatic N) is 1. The van der Waals surface area contributed by atoms with Crippen LogP contribution in [0.2, 0.25) is 0 Å². The summed E-state index contributed by atoms with van der Waals surface area (Å²) >= 11 is 0. The van der Waals surface area contributed by atoms with Crippen molar-refractivity contribution in [3.63, 3.8) is 0 Å². The maximum absolute atomic E-state index is 13.1. The molecule has 116 valence electrons. The lowest BCUT2D eigenvalue weighted by atomic mass is 9.97. The Labute approximate surface area is 133 Å². The molecule has 2 aromatic carbocycles. The molecule has 0 saturated heterocycles. The lowest BCUT2D eigenvalue weighted by Crippen LogP contribution is -2.37. The van der Waals surface area contributed by atoms with Gasteiger partial charge in [0.25, 0.3) is 0 Å². The van der Waals surface area contributed by atoms with Crippen molar-refractivity contribution in [3.05, 3.63) is 78.3 Å². The van der Waals surface area contributed by atoms with Crippen molar-refractivity contribution in [1.82, 2.24) is 4.90 Å². The van der Waals surface area contributed by atoms with Crippen molar-refractivity contribution in [3.8, 4) is 0 Å². The minimum absolute atomic E-state index is 0.0666. The second-order valence-corrected chi connectivity index (χ2v) is 5.26. The number of amides is 2. The third-order valence-electron chi connectivity index (χ3n) is 3.67. The quantitative estimate of drug-likeness (QED) is 0.915. The fourth-order valence-electron chi connectivity index (χ4n) is 2.51. The van der Waals surface area contributed by atoms with Crippen molar-refractivity contribution in [2.24, 2.45) is 0 Å². The van der Waals surface area contributed by atoms with Gasteiger partial charge in [0, 0.05) is 18.3 Å². The van der Waals surface area contributed by atoms with Gasteiger partial charge in [-0.15, -0.1) is 0 Å². The molecule has 0 fully saturated rings. The summed E-state index contributed by atoms with van der Waals surface area (Å²) in [6, 6.07) is 14.1. The van der Waals surface area contributed by atoms with Crippen LogP contribution in [0.25, 0.3) is 0 Å². The number of urea groups is 1. The van der Waals surface area contributed by atoms with E-state index in [1.165, 1.54) is 29.3 Å². The lowest BCUT2D eigenvalue weighted by molar-refractivity contribution is -0.116. The first-order valence-corrected chi connectivity index (χ1v) is 7.24. The van der Waals surface area contributed by atoms with E-state index >= 15 is 0 Å². The van der Waals surface area contributed by atoms with E-state index in [-0.39, 0.29) is 24.1 Å². The van der Waals surface area contributed by atoms with Crippen LogP contribution in [0.5, 0.6) is 0 Å². The summed E-state index contributed by atoms with van der Waals surface area (Å²) in [4.78, 5) is 25.7. The van der Waals surface area contributed by atoms with Crippen molar-refractivity contribution in [1.29, 1.82) is 0 Å². The molecule has 1 heterocycles. The van der Waals surface area contributed by atoms with E-state index in [9.17, 15) is 14.0 Å². The zero-order chi connectivity index (χ0) is 16.2. The fourth-order valence-corrected chi connectivity index (χ4v) is 2.51. The molecular formula is C18H15FN2O2. The summed E-state index contributed by atoms with van der Waals surface area (Å²) < 4.78 is 13.1. The summed E-state index contributed by atoms with van der Waals surface area (Å²) in [6.07, 6.45) is 3.02. The van der Waals surface area contributed by atoms with Crippen molar-refractivity contribution in [2.75, 3.05) is 5.32 Å². The SMILES string of the molecule is O=C1C=CN(C(=O)Nc2ccccc2)C(c2ccc(F)cc2)C1. The Hall–Kier alpha value is -2.95. The highest BCUT2D eigenvalue weighted by atomic mass is 19.1. The summed E-state index contributed by atoms with van der Waals surface area (Å²) in [7, 11) is 0. The smallest absolute Gasteiger partial charge is 0.308 e. The topological polar surface area (TPSA) is 49.4 Å². The highest BCUT2D eigenvalue weighted by Crippen LogP contribution is 2.29. The number of allylic oxidation sites excluding steroid dienone is 1. The Morgan fingerprint density at radius 2 is 1.78 bits per heavy atom. The van der Waals surface area contributed by atoms with E-state index in [0.29, 0.717) is 11.3 Å². The largest absolute Gasteiger partial charge is 0.326 e. The predicted molar refractivity (Wildman–Crippen MR) is 85.2 cm³/mol. The number of nitrogens with one attached hydrogen (secondary N) is 1. The Bertz CT molecular complexity index is 741. The highest BCUT2D eigenvalue weighted by Gasteiger charge is 2.28. The van der Waals surface area contributed by atoms with Crippen molar-refractivity contribution >= 4 is 17.5 Å². The predicted octanol–water partition coefficient (Wildman–Crippen LogP) is 3.89. The maximum atomic E-state index is 13.1. The molecule has 2 aromatic rings. The molecule has 23 heavy (non-hydrogen) atoms. The zero-order valence-electron chi connectivity index (χ0n) is 12.3. The Morgan fingerprint density at radius 3 is 2.48 bits per heavy atom. The zero-order valence-corrected chi connectivity index (χ0v) is 12.3. The fraction of sp³-hybridized carbons (Fsp3) is 0.111. The van der Waals surface area contributed by atoms with Gasteiger partial charge in [-0.05, 0) is 35.9 Å². The van der Waals surface area contributed by atoms with Crippen LogP contribution in [0.4, 0.5) is 14.9 Å². The Balaban J connectivity index is 1.85. The normalized spacial score (nSPS) is 17.2. The van der Waals surface area contributed by atoms with Gasteiger partial charge >= 0.3 is 6.03 Å². The van der Waals surface area contributed by atoms with Gasteiger partial charge in [0.2, 0.25) is 0 Å². The first-order chi connectivity index (χ1) is 11.1. The minimum Gasteiger partial charge on any atom is -0.308 e. The average Bonchev–Trinajstić information content (AvgIpc) is 2.56. The number of anilines is 1. The number of carbonyl (C=O) groups is 2. The summed E-state index contributed by atoms with van der Waals surface area (Å²) in [5.41, 5.74) is 1.38. The molecule has 1 aliphatic rings. The standard InChI is InChI=1S/C18H15FN2O2/c19-14-8-6-13(7-9-14)17-12-16(22)10-11-21(17)18(23)20-15-4-2-1-3-5-15/h1-11,17H,12H2,(H,20,23). The van der Waals surface area contributed by atoms with Gasteiger partial charge in [0.15, 0.2) is 5.78 Å². The van der Waals surface area contributed by atoms with Gasteiger partial charge < -0.3 is 5.32 Å². The molecule has 0 aromatic heterocycles. The number of benzene rings is 2.